The zero-order valence-corrected chi connectivity index (χ0v) is 7.03. The van der Waals surface area contributed by atoms with Gasteiger partial charge in [-0.1, -0.05) is 0 Å². The summed E-state index contributed by atoms with van der Waals surface area (Å²) in [5.41, 5.74) is 0. The van der Waals surface area contributed by atoms with Gasteiger partial charge in [0.15, 0.2) is 5.76 Å². The highest BCUT2D eigenvalue weighted by Gasteiger charge is 2.33. The van der Waals surface area contributed by atoms with Gasteiger partial charge in [-0.15, -0.1) is 0 Å². The van der Waals surface area contributed by atoms with E-state index in [1.807, 2.05) is 0 Å². The first-order chi connectivity index (χ1) is 5.56. The van der Waals surface area contributed by atoms with Crippen molar-refractivity contribution >= 4 is 0 Å². The van der Waals surface area contributed by atoms with Crippen molar-refractivity contribution in [2.24, 2.45) is 0 Å². The van der Waals surface area contributed by atoms with Gasteiger partial charge in [0.1, 0.15) is 5.76 Å². The monoisotopic (exact) mass is 175 g/mol. The van der Waals surface area contributed by atoms with Crippen LogP contribution in [0, 0.1) is 6.92 Å². The highest BCUT2D eigenvalue weighted by Crippen LogP contribution is 2.28. The maximum atomic E-state index is 13.0. The predicted octanol–water partition coefficient (Wildman–Crippen LogP) is 1.90. The highest BCUT2D eigenvalue weighted by molar-refractivity contribution is 5.11. The number of furan rings is 1. The maximum Gasteiger partial charge on any atom is 0.316 e. The number of aryl methyl sites for hydroxylation is 1. The smallest absolute Gasteiger partial charge is 0.316 e. The van der Waals surface area contributed by atoms with E-state index in [1.165, 1.54) is 19.2 Å². The molecule has 0 saturated heterocycles. The van der Waals surface area contributed by atoms with Crippen molar-refractivity contribution in [3.8, 4) is 0 Å². The lowest BCUT2D eigenvalue weighted by Crippen LogP contribution is -2.27. The molecule has 0 saturated carbocycles. The average molecular weight is 175 g/mol. The van der Waals surface area contributed by atoms with E-state index in [9.17, 15) is 8.78 Å². The lowest BCUT2D eigenvalue weighted by molar-refractivity contribution is -0.0231. The third-order valence-corrected chi connectivity index (χ3v) is 1.50. The third kappa shape index (κ3) is 1.82. The molecule has 1 aromatic rings. The molecule has 12 heavy (non-hydrogen) atoms. The fourth-order valence-corrected chi connectivity index (χ4v) is 0.940. The van der Waals surface area contributed by atoms with E-state index in [-0.39, 0.29) is 5.76 Å². The van der Waals surface area contributed by atoms with E-state index < -0.39 is 12.5 Å². The molecule has 1 rings (SSSR count). The number of halogens is 2. The van der Waals surface area contributed by atoms with Crippen LogP contribution in [0.4, 0.5) is 8.78 Å². The Labute approximate surface area is 69.6 Å². The molecular formula is C8H11F2NO. The van der Waals surface area contributed by atoms with Crippen molar-refractivity contribution in [1.82, 2.24) is 5.32 Å². The summed E-state index contributed by atoms with van der Waals surface area (Å²) < 4.78 is 30.8. The summed E-state index contributed by atoms with van der Waals surface area (Å²) in [6.45, 7) is 1.24. The van der Waals surface area contributed by atoms with E-state index in [1.54, 1.807) is 6.92 Å². The van der Waals surface area contributed by atoms with Crippen LogP contribution in [0.2, 0.25) is 0 Å². The minimum absolute atomic E-state index is 0.283. The zero-order valence-electron chi connectivity index (χ0n) is 7.03. The number of likely N-dealkylation sites (N-methyl/N-ethyl adjacent to an activating group) is 1. The van der Waals surface area contributed by atoms with Gasteiger partial charge in [0, 0.05) is 0 Å². The molecule has 0 atom stereocenters. The predicted molar refractivity (Wildman–Crippen MR) is 41.3 cm³/mol. The van der Waals surface area contributed by atoms with Gasteiger partial charge in [-0.05, 0) is 26.1 Å². The Kier molecular flexibility index (Phi) is 2.47. The molecule has 1 N–H and O–H groups in total. The first kappa shape index (κ1) is 9.19. The Hall–Kier alpha value is -0.900. The number of hydrogen-bond donors (Lipinski definition) is 1. The Balaban J connectivity index is 2.81. The fraction of sp³-hybridized carbons (Fsp3) is 0.500. The summed E-state index contributed by atoms with van der Waals surface area (Å²) in [5.74, 6) is -2.70. The van der Waals surface area contributed by atoms with Crippen LogP contribution in [-0.2, 0) is 5.92 Å². The molecule has 0 aliphatic carbocycles. The zero-order chi connectivity index (χ0) is 9.19. The Morgan fingerprint density at radius 3 is 2.58 bits per heavy atom. The van der Waals surface area contributed by atoms with Crippen LogP contribution >= 0.6 is 0 Å². The van der Waals surface area contributed by atoms with Crippen molar-refractivity contribution in [1.29, 1.82) is 0 Å². The topological polar surface area (TPSA) is 25.2 Å². The van der Waals surface area contributed by atoms with Gasteiger partial charge < -0.3 is 9.73 Å². The molecule has 4 heteroatoms. The van der Waals surface area contributed by atoms with Crippen LogP contribution in [0.25, 0.3) is 0 Å². The van der Waals surface area contributed by atoms with Gasteiger partial charge in [-0.25, -0.2) is 0 Å². The van der Waals surface area contributed by atoms with Gasteiger partial charge in [0.05, 0.1) is 6.54 Å². The molecule has 68 valence electrons. The molecule has 0 radical (unpaired) electrons. The van der Waals surface area contributed by atoms with Crippen molar-refractivity contribution < 1.29 is 13.2 Å². The highest BCUT2D eigenvalue weighted by atomic mass is 19.3. The quantitative estimate of drug-likeness (QED) is 0.759. The number of alkyl halides is 2. The van der Waals surface area contributed by atoms with Gasteiger partial charge in [-0.3, -0.25) is 0 Å². The molecule has 2 nitrogen and oxygen atoms in total. The van der Waals surface area contributed by atoms with Crippen LogP contribution in [0.15, 0.2) is 16.5 Å². The number of nitrogens with one attached hydrogen (secondary N) is 1. The van der Waals surface area contributed by atoms with E-state index in [4.69, 9.17) is 4.42 Å². The number of rotatable bonds is 3. The van der Waals surface area contributed by atoms with Crippen molar-refractivity contribution in [3.63, 3.8) is 0 Å². The lowest BCUT2D eigenvalue weighted by atomic mass is 10.2. The maximum absolute atomic E-state index is 13.0. The van der Waals surface area contributed by atoms with E-state index >= 15 is 0 Å². The van der Waals surface area contributed by atoms with Crippen molar-refractivity contribution in [2.75, 3.05) is 13.6 Å². The average Bonchev–Trinajstić information content (AvgIpc) is 2.36. The Morgan fingerprint density at radius 1 is 1.50 bits per heavy atom. The van der Waals surface area contributed by atoms with Crippen LogP contribution in [0.3, 0.4) is 0 Å². The molecule has 1 aromatic heterocycles. The van der Waals surface area contributed by atoms with Crippen LogP contribution in [0.5, 0.6) is 0 Å². The lowest BCUT2D eigenvalue weighted by Gasteiger charge is -2.12. The van der Waals surface area contributed by atoms with Crippen LogP contribution in [0.1, 0.15) is 11.5 Å². The summed E-state index contributed by atoms with van der Waals surface area (Å²) in [6.07, 6.45) is 0. The molecule has 0 spiro atoms. The van der Waals surface area contributed by atoms with Crippen LogP contribution in [-0.4, -0.2) is 13.6 Å². The standard InChI is InChI=1S/C8H11F2NO/c1-6-3-4-7(12-6)8(9,10)5-11-2/h3-4,11H,5H2,1-2H3. The molecule has 0 bridgehead atoms. The second-order valence-electron chi connectivity index (χ2n) is 2.65. The minimum atomic E-state index is -2.91. The van der Waals surface area contributed by atoms with E-state index in [0.29, 0.717) is 5.76 Å². The summed E-state index contributed by atoms with van der Waals surface area (Å²) in [4.78, 5) is 0. The van der Waals surface area contributed by atoms with Crippen molar-refractivity contribution in [2.45, 2.75) is 12.8 Å². The molecule has 0 aromatic carbocycles. The van der Waals surface area contributed by atoms with Gasteiger partial charge in [0.2, 0.25) is 0 Å². The van der Waals surface area contributed by atoms with E-state index in [2.05, 4.69) is 5.32 Å². The Bertz CT molecular complexity index is 257. The Morgan fingerprint density at radius 2 is 2.17 bits per heavy atom. The molecule has 0 aliphatic heterocycles. The molecule has 0 aliphatic rings. The fourth-order valence-electron chi connectivity index (χ4n) is 0.940. The summed E-state index contributed by atoms with van der Waals surface area (Å²) >= 11 is 0. The molecule has 1 heterocycles. The van der Waals surface area contributed by atoms with E-state index in [0.717, 1.165) is 0 Å². The summed E-state index contributed by atoms with van der Waals surface area (Å²) in [6, 6.07) is 2.82. The summed E-state index contributed by atoms with van der Waals surface area (Å²) in [5, 5.41) is 2.41. The molecular weight excluding hydrogens is 164 g/mol. The number of hydrogen-bond acceptors (Lipinski definition) is 2. The van der Waals surface area contributed by atoms with Gasteiger partial charge in [0.25, 0.3) is 0 Å². The SMILES string of the molecule is CNCC(F)(F)c1ccc(C)o1. The second kappa shape index (κ2) is 3.23. The first-order valence-corrected chi connectivity index (χ1v) is 3.65. The van der Waals surface area contributed by atoms with Gasteiger partial charge >= 0.3 is 5.92 Å². The molecule has 0 amide bonds. The molecule has 0 fully saturated rings. The third-order valence-electron chi connectivity index (χ3n) is 1.50. The largest absolute Gasteiger partial charge is 0.460 e. The second-order valence-corrected chi connectivity index (χ2v) is 2.65. The van der Waals surface area contributed by atoms with Crippen LogP contribution < -0.4 is 5.32 Å². The summed E-state index contributed by atoms with van der Waals surface area (Å²) in [7, 11) is 1.48. The normalized spacial score (nSPS) is 12.0. The first-order valence-electron chi connectivity index (χ1n) is 3.65. The molecule has 0 unspecified atom stereocenters. The minimum Gasteiger partial charge on any atom is -0.460 e. The van der Waals surface area contributed by atoms with Gasteiger partial charge in [-0.2, -0.15) is 8.78 Å². The van der Waals surface area contributed by atoms with Crippen molar-refractivity contribution in [3.05, 3.63) is 23.7 Å².